The summed E-state index contributed by atoms with van der Waals surface area (Å²) in [4.78, 5) is 14.8. The Morgan fingerprint density at radius 3 is 2.15 bits per heavy atom. The monoisotopic (exact) mass is 582 g/mol. The first-order valence-electron chi connectivity index (χ1n) is 15.1. The molecule has 0 aliphatic carbocycles. The number of unbranched alkanes of at least 4 members (excludes halogenated alkanes) is 4. The van der Waals surface area contributed by atoms with Crippen LogP contribution in [0.15, 0.2) is 65.4 Å². The van der Waals surface area contributed by atoms with E-state index in [4.69, 9.17) is 9.47 Å². The van der Waals surface area contributed by atoms with Crippen LogP contribution < -0.4 is 0 Å². The van der Waals surface area contributed by atoms with Crippen LogP contribution in [0.3, 0.4) is 0 Å². The van der Waals surface area contributed by atoms with E-state index < -0.39 is 11.6 Å². The molecular weight excluding hydrogens is 539 g/mol. The lowest BCUT2D eigenvalue weighted by atomic mass is 9.82. The number of rotatable bonds is 16. The Labute approximate surface area is 247 Å². The van der Waals surface area contributed by atoms with E-state index in [9.17, 15) is 9.90 Å². The molecule has 0 spiro atoms. The minimum absolute atomic E-state index is 0.114. The number of hydrogen-bond donors (Lipinski definition) is 1. The number of fused-ring (bicyclic) bond motifs is 3. The first-order valence-corrected chi connectivity index (χ1v) is 16.8. The molecule has 3 fully saturated rings. The predicted molar refractivity (Wildman–Crippen MR) is 163 cm³/mol. The summed E-state index contributed by atoms with van der Waals surface area (Å²) in [6.07, 6.45) is 10.3. The van der Waals surface area contributed by atoms with E-state index in [-0.39, 0.29) is 6.10 Å². The second-order valence-corrected chi connectivity index (χ2v) is 13.5. The fourth-order valence-corrected chi connectivity index (χ4v) is 8.18. The highest BCUT2D eigenvalue weighted by Gasteiger charge is 2.51. The molecule has 2 aromatic heterocycles. The van der Waals surface area contributed by atoms with Gasteiger partial charge in [-0.05, 0) is 67.0 Å². The minimum Gasteiger partial charge on any atom is -0.453 e. The van der Waals surface area contributed by atoms with Gasteiger partial charge in [0, 0.05) is 32.0 Å². The fourth-order valence-electron chi connectivity index (χ4n) is 6.47. The smallest absolute Gasteiger partial charge is 0.349 e. The molecule has 0 saturated carbocycles. The summed E-state index contributed by atoms with van der Waals surface area (Å²) < 4.78 is 13.1. The number of quaternary nitrogens is 1. The maximum atomic E-state index is 13.5. The summed E-state index contributed by atoms with van der Waals surface area (Å²) in [5.41, 5.74) is -0.307. The number of carbonyl (C=O) groups is 1. The Hall–Kier alpha value is -2.03. The molecule has 5 heterocycles. The molecule has 7 heteroatoms. The fraction of sp³-hybridized carbons (Fsp3) is 0.545. The van der Waals surface area contributed by atoms with Crippen LogP contribution in [0.5, 0.6) is 0 Å². The molecule has 5 nitrogen and oxygen atoms in total. The van der Waals surface area contributed by atoms with Crippen molar-refractivity contribution in [2.24, 2.45) is 5.92 Å². The number of aryl methyl sites for hydroxylation is 1. The first-order chi connectivity index (χ1) is 19.6. The number of benzene rings is 1. The van der Waals surface area contributed by atoms with Crippen LogP contribution in [0, 0.1) is 5.92 Å². The van der Waals surface area contributed by atoms with E-state index in [1.165, 1.54) is 67.0 Å². The molecule has 0 amide bonds. The average Bonchev–Trinajstić information content (AvgIpc) is 3.73. The lowest BCUT2D eigenvalue weighted by molar-refractivity contribution is -0.946. The van der Waals surface area contributed by atoms with Crippen molar-refractivity contribution in [3.05, 3.63) is 80.7 Å². The van der Waals surface area contributed by atoms with Gasteiger partial charge in [0.1, 0.15) is 6.54 Å². The van der Waals surface area contributed by atoms with Gasteiger partial charge in [0.05, 0.1) is 29.4 Å². The van der Waals surface area contributed by atoms with Crippen molar-refractivity contribution in [1.82, 2.24) is 0 Å². The van der Waals surface area contributed by atoms with Crippen molar-refractivity contribution in [2.45, 2.75) is 69.5 Å². The maximum absolute atomic E-state index is 13.5. The zero-order valence-electron chi connectivity index (χ0n) is 23.5. The summed E-state index contributed by atoms with van der Waals surface area (Å²) in [5.74, 6) is -0.112. The minimum atomic E-state index is -1.72. The lowest BCUT2D eigenvalue weighted by Crippen LogP contribution is -2.65. The summed E-state index contributed by atoms with van der Waals surface area (Å²) in [5, 5.41) is 15.4. The second-order valence-electron chi connectivity index (χ2n) is 11.6. The summed E-state index contributed by atoms with van der Waals surface area (Å²) in [6, 6.07) is 18.1. The quantitative estimate of drug-likeness (QED) is 0.115. The van der Waals surface area contributed by atoms with E-state index >= 15 is 0 Å². The third-order valence-electron chi connectivity index (χ3n) is 8.87. The molecule has 1 aromatic carbocycles. The van der Waals surface area contributed by atoms with Crippen LogP contribution in [0.25, 0.3) is 0 Å². The Morgan fingerprint density at radius 1 is 0.850 bits per heavy atom. The average molecular weight is 583 g/mol. The molecule has 216 valence electrons. The Balaban J connectivity index is 1.01. The molecule has 40 heavy (non-hydrogen) atoms. The highest BCUT2D eigenvalue weighted by Crippen LogP contribution is 2.40. The Bertz CT molecular complexity index is 1110. The number of carbonyl (C=O) groups excluding carboxylic acids is 1. The number of thiophene rings is 2. The molecule has 2 bridgehead atoms. The maximum Gasteiger partial charge on any atom is 0.349 e. The van der Waals surface area contributed by atoms with Gasteiger partial charge in [0.25, 0.3) is 0 Å². The largest absolute Gasteiger partial charge is 0.453 e. The third kappa shape index (κ3) is 7.24. The number of esters is 1. The van der Waals surface area contributed by atoms with E-state index in [0.29, 0.717) is 15.7 Å². The van der Waals surface area contributed by atoms with Crippen molar-refractivity contribution in [2.75, 3.05) is 39.4 Å². The zero-order valence-corrected chi connectivity index (χ0v) is 25.2. The van der Waals surface area contributed by atoms with Gasteiger partial charge in [-0.25, -0.2) is 4.79 Å². The summed E-state index contributed by atoms with van der Waals surface area (Å²) in [6.45, 7) is 6.13. The van der Waals surface area contributed by atoms with Crippen LogP contribution in [0.2, 0.25) is 0 Å². The van der Waals surface area contributed by atoms with Crippen molar-refractivity contribution in [1.29, 1.82) is 0 Å². The Kier molecular flexibility index (Phi) is 10.5. The van der Waals surface area contributed by atoms with Crippen molar-refractivity contribution in [3.63, 3.8) is 0 Å². The topological polar surface area (TPSA) is 55.8 Å². The van der Waals surface area contributed by atoms with E-state index in [1.54, 1.807) is 0 Å². The van der Waals surface area contributed by atoms with Gasteiger partial charge in [0.2, 0.25) is 5.60 Å². The highest BCUT2D eigenvalue weighted by molar-refractivity contribution is 7.12. The van der Waals surface area contributed by atoms with Crippen LogP contribution in [0.1, 0.15) is 66.7 Å². The molecule has 6 rings (SSSR count). The van der Waals surface area contributed by atoms with Gasteiger partial charge >= 0.3 is 5.97 Å². The van der Waals surface area contributed by atoms with Crippen LogP contribution in [-0.4, -0.2) is 61.1 Å². The number of piperidine rings is 3. The first kappa shape index (κ1) is 29.5. The molecule has 1 N–H and O–H groups in total. The molecule has 3 aliphatic heterocycles. The highest BCUT2D eigenvalue weighted by atomic mass is 32.1. The second kappa shape index (κ2) is 14.2. The van der Waals surface area contributed by atoms with Crippen LogP contribution in [-0.2, 0) is 26.3 Å². The number of ether oxygens (including phenoxy) is 2. The molecular formula is C33H44NO4S2+. The SMILES string of the molecule is O=C(OC1C[N+]2(CCCCCCOCCCCc3ccccc3)CCC1CC2)C(O)(c1cccs1)c1cccs1. The van der Waals surface area contributed by atoms with Gasteiger partial charge in [-0.2, -0.15) is 0 Å². The van der Waals surface area contributed by atoms with Gasteiger partial charge < -0.3 is 19.1 Å². The third-order valence-corrected chi connectivity index (χ3v) is 10.8. The standard InChI is InChI=1S/C33H44NO4S2/c35-32(33(36,30-15-10-24-39-30)31-16-11-25-40-31)38-29-26-34(20-17-28(29)18-21-34)19-7-1-2-8-22-37-23-9-6-14-27-12-4-3-5-13-27/h3-5,10-13,15-16,24-25,28-29,36H,1-2,6-9,14,17-23,26H2/q+1. The molecule has 1 unspecified atom stereocenters. The zero-order chi connectivity index (χ0) is 27.7. The number of nitrogens with zero attached hydrogens (tertiary/aromatic N) is 1. The van der Waals surface area contributed by atoms with Crippen molar-refractivity contribution >= 4 is 28.6 Å². The van der Waals surface area contributed by atoms with Crippen LogP contribution in [0.4, 0.5) is 0 Å². The number of aliphatic hydroxyl groups is 1. The van der Waals surface area contributed by atoms with E-state index in [1.807, 2.05) is 35.0 Å². The number of hydrogen-bond acceptors (Lipinski definition) is 6. The molecule has 3 aromatic rings. The molecule has 3 aliphatic rings. The van der Waals surface area contributed by atoms with Crippen molar-refractivity contribution in [3.8, 4) is 0 Å². The van der Waals surface area contributed by atoms with E-state index in [0.717, 1.165) is 62.9 Å². The molecule has 0 radical (unpaired) electrons. The molecule has 1 atom stereocenters. The van der Waals surface area contributed by atoms with Gasteiger partial charge in [-0.3, -0.25) is 0 Å². The van der Waals surface area contributed by atoms with Crippen molar-refractivity contribution < 1.29 is 23.9 Å². The normalized spacial score (nSPS) is 22.4. The predicted octanol–water partition coefficient (Wildman–Crippen LogP) is 6.80. The lowest BCUT2D eigenvalue weighted by Gasteiger charge is -2.52. The summed E-state index contributed by atoms with van der Waals surface area (Å²) in [7, 11) is 0. The van der Waals surface area contributed by atoms with E-state index in [2.05, 4.69) is 30.3 Å². The molecule has 3 saturated heterocycles. The van der Waals surface area contributed by atoms with Gasteiger partial charge in [-0.15, -0.1) is 22.7 Å². The summed E-state index contributed by atoms with van der Waals surface area (Å²) >= 11 is 2.80. The van der Waals surface area contributed by atoms with Gasteiger partial charge in [-0.1, -0.05) is 48.9 Å². The van der Waals surface area contributed by atoms with Crippen LogP contribution >= 0.6 is 22.7 Å². The van der Waals surface area contributed by atoms with Gasteiger partial charge in [0.15, 0.2) is 6.10 Å². The Morgan fingerprint density at radius 2 is 1.50 bits per heavy atom.